The third-order valence-electron chi connectivity index (χ3n) is 3.44. The topological polar surface area (TPSA) is 71.0 Å². The van der Waals surface area contributed by atoms with Gasteiger partial charge in [0.15, 0.2) is 0 Å². The molecule has 1 aliphatic heterocycles. The number of rotatable bonds is 2. The van der Waals surface area contributed by atoms with E-state index in [9.17, 15) is 4.79 Å². The van der Waals surface area contributed by atoms with Crippen LogP contribution in [0.5, 0.6) is 0 Å². The first-order valence-corrected chi connectivity index (χ1v) is 7.02. The quantitative estimate of drug-likeness (QED) is 0.902. The number of hydrogen-bond acceptors (Lipinski definition) is 5. The zero-order chi connectivity index (χ0) is 14.7. The number of halogens is 2. The molecule has 1 amide bonds. The van der Waals surface area contributed by atoms with Gasteiger partial charge in [-0.05, 0) is 11.6 Å². The molecule has 1 unspecified atom stereocenters. The van der Waals surface area contributed by atoms with E-state index in [2.05, 4.69) is 20.3 Å². The predicted octanol–water partition coefficient (Wildman–Crippen LogP) is 1.73. The van der Waals surface area contributed by atoms with E-state index in [1.165, 1.54) is 12.5 Å². The van der Waals surface area contributed by atoms with Gasteiger partial charge in [0.1, 0.15) is 12.0 Å². The zero-order valence-electron chi connectivity index (χ0n) is 11.6. The summed E-state index contributed by atoms with van der Waals surface area (Å²) in [5, 5.41) is 3.57. The molecule has 3 heterocycles. The molecule has 1 atom stereocenters. The second kappa shape index (κ2) is 7.49. The van der Waals surface area contributed by atoms with E-state index in [0.717, 1.165) is 12.1 Å². The third-order valence-corrected chi connectivity index (χ3v) is 3.72. The van der Waals surface area contributed by atoms with Crippen LogP contribution in [0.3, 0.4) is 0 Å². The highest BCUT2D eigenvalue weighted by Crippen LogP contribution is 2.24. The fourth-order valence-electron chi connectivity index (χ4n) is 2.42. The number of aromatic nitrogens is 3. The fraction of sp³-hybridized carbons (Fsp3) is 0.286. The minimum absolute atomic E-state index is 0. The lowest BCUT2D eigenvalue weighted by atomic mass is 10.0. The number of carbonyl (C=O) groups excluding carboxylic acids is 1. The zero-order valence-corrected chi connectivity index (χ0v) is 13.2. The molecular formula is C14H15Cl2N5O. The average Bonchev–Trinajstić information content (AvgIpc) is 2.55. The van der Waals surface area contributed by atoms with E-state index in [-0.39, 0.29) is 35.1 Å². The molecular weight excluding hydrogens is 325 g/mol. The van der Waals surface area contributed by atoms with Crippen LogP contribution in [0.2, 0.25) is 5.02 Å². The summed E-state index contributed by atoms with van der Waals surface area (Å²) >= 11 is 6.03. The summed E-state index contributed by atoms with van der Waals surface area (Å²) in [6.07, 6.45) is 6.26. The van der Waals surface area contributed by atoms with Gasteiger partial charge in [-0.15, -0.1) is 12.4 Å². The van der Waals surface area contributed by atoms with Crippen molar-refractivity contribution in [3.63, 3.8) is 0 Å². The van der Waals surface area contributed by atoms with Crippen molar-refractivity contribution in [2.45, 2.75) is 6.04 Å². The Morgan fingerprint density at radius 2 is 2.23 bits per heavy atom. The van der Waals surface area contributed by atoms with Crippen LogP contribution < -0.4 is 5.32 Å². The number of pyridine rings is 1. The van der Waals surface area contributed by atoms with Gasteiger partial charge in [-0.3, -0.25) is 9.78 Å². The molecule has 3 rings (SSSR count). The summed E-state index contributed by atoms with van der Waals surface area (Å²) in [4.78, 5) is 26.4. The van der Waals surface area contributed by atoms with Gasteiger partial charge in [0.2, 0.25) is 0 Å². The number of piperazine rings is 1. The Hall–Kier alpha value is -1.76. The van der Waals surface area contributed by atoms with Gasteiger partial charge < -0.3 is 10.2 Å². The van der Waals surface area contributed by atoms with Crippen LogP contribution in [0, 0.1) is 0 Å². The highest BCUT2D eigenvalue weighted by molar-refractivity contribution is 6.33. The molecule has 6 nitrogen and oxygen atoms in total. The van der Waals surface area contributed by atoms with Gasteiger partial charge in [-0.2, -0.15) is 0 Å². The number of amides is 1. The second-order valence-electron chi connectivity index (χ2n) is 4.72. The predicted molar refractivity (Wildman–Crippen MR) is 85.2 cm³/mol. The largest absolute Gasteiger partial charge is 0.328 e. The second-order valence-corrected chi connectivity index (χ2v) is 5.13. The van der Waals surface area contributed by atoms with Crippen molar-refractivity contribution < 1.29 is 4.79 Å². The first-order chi connectivity index (χ1) is 10.3. The van der Waals surface area contributed by atoms with Crippen LogP contribution in [0.1, 0.15) is 22.1 Å². The maximum Gasteiger partial charge on any atom is 0.274 e. The summed E-state index contributed by atoms with van der Waals surface area (Å²) in [5.41, 5.74) is 1.23. The third kappa shape index (κ3) is 3.35. The Morgan fingerprint density at radius 1 is 1.36 bits per heavy atom. The van der Waals surface area contributed by atoms with E-state index in [4.69, 9.17) is 11.6 Å². The minimum Gasteiger partial charge on any atom is -0.328 e. The smallest absolute Gasteiger partial charge is 0.274 e. The Balaban J connectivity index is 0.00000176. The Morgan fingerprint density at radius 3 is 2.95 bits per heavy atom. The molecule has 1 N–H and O–H groups in total. The first-order valence-electron chi connectivity index (χ1n) is 6.64. The van der Waals surface area contributed by atoms with E-state index < -0.39 is 0 Å². The molecule has 0 aromatic carbocycles. The molecule has 2 aromatic rings. The maximum atomic E-state index is 12.7. The van der Waals surface area contributed by atoms with Gasteiger partial charge in [0.05, 0.1) is 11.1 Å². The van der Waals surface area contributed by atoms with E-state index >= 15 is 0 Å². The van der Waals surface area contributed by atoms with Crippen molar-refractivity contribution >= 4 is 29.9 Å². The summed E-state index contributed by atoms with van der Waals surface area (Å²) < 4.78 is 0. The van der Waals surface area contributed by atoms with Gasteiger partial charge in [-0.25, -0.2) is 9.97 Å². The van der Waals surface area contributed by atoms with Gasteiger partial charge in [-0.1, -0.05) is 17.7 Å². The summed E-state index contributed by atoms with van der Waals surface area (Å²) in [6.45, 7) is 2.02. The molecule has 22 heavy (non-hydrogen) atoms. The molecule has 0 saturated carbocycles. The van der Waals surface area contributed by atoms with Crippen molar-refractivity contribution in [2.24, 2.45) is 0 Å². The van der Waals surface area contributed by atoms with Crippen molar-refractivity contribution in [1.29, 1.82) is 0 Å². The lowest BCUT2D eigenvalue weighted by molar-refractivity contribution is 0.0628. The van der Waals surface area contributed by atoms with Crippen molar-refractivity contribution in [1.82, 2.24) is 25.2 Å². The molecule has 1 saturated heterocycles. The first kappa shape index (κ1) is 16.6. The molecule has 8 heteroatoms. The maximum absolute atomic E-state index is 12.7. The molecule has 1 fully saturated rings. The lowest BCUT2D eigenvalue weighted by Gasteiger charge is -2.36. The SMILES string of the molecule is Cl.O=C(c1ncncc1Cl)N1CCNCC1c1cccnc1. The highest BCUT2D eigenvalue weighted by atomic mass is 35.5. The summed E-state index contributed by atoms with van der Waals surface area (Å²) in [5.74, 6) is -0.183. The van der Waals surface area contributed by atoms with Gasteiger partial charge >= 0.3 is 0 Å². The van der Waals surface area contributed by atoms with E-state index in [1.54, 1.807) is 17.3 Å². The Bertz CT molecular complexity index is 640. The van der Waals surface area contributed by atoms with E-state index in [1.807, 2.05) is 12.1 Å². The molecule has 116 valence electrons. The summed E-state index contributed by atoms with van der Waals surface area (Å²) in [6, 6.07) is 3.75. The summed E-state index contributed by atoms with van der Waals surface area (Å²) in [7, 11) is 0. The van der Waals surface area contributed by atoms with Crippen LogP contribution in [-0.4, -0.2) is 45.4 Å². The van der Waals surface area contributed by atoms with Crippen LogP contribution >= 0.6 is 24.0 Å². The van der Waals surface area contributed by atoms with Crippen LogP contribution in [-0.2, 0) is 0 Å². The molecule has 0 bridgehead atoms. The molecule has 2 aromatic heterocycles. The Kier molecular flexibility index (Phi) is 5.65. The molecule has 1 aliphatic rings. The average molecular weight is 340 g/mol. The van der Waals surface area contributed by atoms with Crippen molar-refractivity contribution in [3.05, 3.63) is 53.3 Å². The minimum atomic E-state index is -0.183. The standard InChI is InChI=1S/C14H14ClN5O.ClH/c15-11-7-18-9-19-13(11)14(21)20-5-4-17-8-12(20)10-2-1-3-16-6-10;/h1-3,6-7,9,12,17H,4-5,8H2;1H. The fourth-order valence-corrected chi connectivity index (χ4v) is 2.61. The van der Waals surface area contributed by atoms with Gasteiger partial charge in [0, 0.05) is 38.2 Å². The number of nitrogens with zero attached hydrogens (tertiary/aromatic N) is 4. The Labute approximate surface area is 139 Å². The van der Waals surface area contributed by atoms with Gasteiger partial charge in [0.25, 0.3) is 5.91 Å². The molecule has 0 aliphatic carbocycles. The number of nitrogens with one attached hydrogen (secondary N) is 1. The number of carbonyl (C=O) groups is 1. The van der Waals surface area contributed by atoms with Crippen LogP contribution in [0.4, 0.5) is 0 Å². The normalized spacial score (nSPS) is 17.7. The van der Waals surface area contributed by atoms with Crippen LogP contribution in [0.15, 0.2) is 37.1 Å². The molecule has 0 radical (unpaired) electrons. The lowest BCUT2D eigenvalue weighted by Crippen LogP contribution is -2.49. The van der Waals surface area contributed by atoms with E-state index in [0.29, 0.717) is 13.1 Å². The number of hydrogen-bond donors (Lipinski definition) is 1. The van der Waals surface area contributed by atoms with Crippen molar-refractivity contribution in [2.75, 3.05) is 19.6 Å². The van der Waals surface area contributed by atoms with Crippen LogP contribution in [0.25, 0.3) is 0 Å². The molecule has 0 spiro atoms. The monoisotopic (exact) mass is 339 g/mol. The highest BCUT2D eigenvalue weighted by Gasteiger charge is 2.30. The van der Waals surface area contributed by atoms with Crippen molar-refractivity contribution in [3.8, 4) is 0 Å².